The largest absolute Gasteiger partial charge is 0.317 e. The maximum atomic E-state index is 13.2. The van der Waals surface area contributed by atoms with Gasteiger partial charge in [0, 0.05) is 0 Å². The zero-order valence-corrected chi connectivity index (χ0v) is 10.6. The van der Waals surface area contributed by atoms with Gasteiger partial charge in [0.15, 0.2) is 0 Å². The zero-order chi connectivity index (χ0) is 12.7. The summed E-state index contributed by atoms with van der Waals surface area (Å²) in [5.41, 5.74) is -0.00375. The Balaban J connectivity index is 2.52. The minimum atomic E-state index is -3.47. The second kappa shape index (κ2) is 6.56. The molecular weight excluding hydrogens is 243 g/mol. The van der Waals surface area contributed by atoms with Crippen molar-refractivity contribution >= 4 is 15.7 Å². The second-order valence-electron chi connectivity index (χ2n) is 3.61. The summed E-state index contributed by atoms with van der Waals surface area (Å²) >= 11 is 0. The van der Waals surface area contributed by atoms with E-state index in [4.69, 9.17) is 0 Å². The molecular formula is C11H17FN2O2S. The van der Waals surface area contributed by atoms with Gasteiger partial charge in [-0.3, -0.25) is 4.72 Å². The Morgan fingerprint density at radius 1 is 1.29 bits per heavy atom. The summed E-state index contributed by atoms with van der Waals surface area (Å²) in [5.74, 6) is -0.586. The van der Waals surface area contributed by atoms with Crippen LogP contribution < -0.4 is 10.0 Å². The van der Waals surface area contributed by atoms with Crippen LogP contribution >= 0.6 is 0 Å². The van der Waals surface area contributed by atoms with Gasteiger partial charge in [-0.2, -0.15) is 0 Å². The van der Waals surface area contributed by atoms with Crippen molar-refractivity contribution in [1.29, 1.82) is 0 Å². The monoisotopic (exact) mass is 260 g/mol. The van der Waals surface area contributed by atoms with E-state index in [-0.39, 0.29) is 11.4 Å². The first kappa shape index (κ1) is 13.9. The minimum Gasteiger partial charge on any atom is -0.317 e. The van der Waals surface area contributed by atoms with Gasteiger partial charge in [0.05, 0.1) is 11.4 Å². The number of hydrogen-bond acceptors (Lipinski definition) is 3. The van der Waals surface area contributed by atoms with E-state index in [9.17, 15) is 12.8 Å². The van der Waals surface area contributed by atoms with E-state index in [1.807, 2.05) is 6.92 Å². The molecule has 0 aliphatic rings. The summed E-state index contributed by atoms with van der Waals surface area (Å²) in [7, 11) is -3.47. The first-order valence-electron chi connectivity index (χ1n) is 5.51. The lowest BCUT2D eigenvalue weighted by molar-refractivity contribution is 0.593. The Morgan fingerprint density at radius 2 is 2.00 bits per heavy atom. The molecule has 0 heterocycles. The highest BCUT2D eigenvalue weighted by atomic mass is 32.2. The molecule has 4 nitrogen and oxygen atoms in total. The topological polar surface area (TPSA) is 58.2 Å². The molecule has 0 spiro atoms. The van der Waals surface area contributed by atoms with Crippen molar-refractivity contribution < 1.29 is 12.8 Å². The van der Waals surface area contributed by atoms with Crippen molar-refractivity contribution in [1.82, 2.24) is 5.32 Å². The third kappa shape index (κ3) is 5.14. The summed E-state index contributed by atoms with van der Waals surface area (Å²) in [6.07, 6.45) is 0.498. The van der Waals surface area contributed by atoms with Crippen molar-refractivity contribution in [2.45, 2.75) is 13.3 Å². The van der Waals surface area contributed by atoms with Gasteiger partial charge >= 0.3 is 0 Å². The zero-order valence-electron chi connectivity index (χ0n) is 9.74. The standard InChI is InChI=1S/C11H17FN2O2S/c1-2-13-8-5-9-17(15,16)14-11-7-4-3-6-10(11)12/h3-4,6-7,13-14H,2,5,8-9H2,1H3. The number of nitrogens with one attached hydrogen (secondary N) is 2. The van der Waals surface area contributed by atoms with Crippen LogP contribution in [0.3, 0.4) is 0 Å². The lowest BCUT2D eigenvalue weighted by Crippen LogP contribution is -2.22. The van der Waals surface area contributed by atoms with Crippen molar-refractivity contribution in [3.8, 4) is 0 Å². The Labute approximate surface area is 101 Å². The number of benzene rings is 1. The lowest BCUT2D eigenvalue weighted by atomic mass is 10.3. The minimum absolute atomic E-state index is 0.00375. The number of halogens is 1. The van der Waals surface area contributed by atoms with E-state index in [1.54, 1.807) is 6.07 Å². The van der Waals surface area contributed by atoms with Crippen LogP contribution in [0, 0.1) is 5.82 Å². The molecule has 1 rings (SSSR count). The average molecular weight is 260 g/mol. The molecule has 1 aromatic rings. The molecule has 0 saturated carbocycles. The Hall–Kier alpha value is -1.14. The molecule has 2 N–H and O–H groups in total. The maximum absolute atomic E-state index is 13.2. The van der Waals surface area contributed by atoms with E-state index in [0.717, 1.165) is 6.54 Å². The fraction of sp³-hybridized carbons (Fsp3) is 0.455. The molecule has 0 fully saturated rings. The normalized spacial score (nSPS) is 11.4. The number of hydrogen-bond donors (Lipinski definition) is 2. The SMILES string of the molecule is CCNCCCS(=O)(=O)Nc1ccccc1F. The first-order chi connectivity index (χ1) is 8.05. The summed E-state index contributed by atoms with van der Waals surface area (Å²) in [5, 5.41) is 3.03. The van der Waals surface area contributed by atoms with Crippen LogP contribution in [0.1, 0.15) is 13.3 Å². The molecule has 0 atom stereocenters. The summed E-state index contributed by atoms with van der Waals surface area (Å²) in [6, 6.07) is 5.71. The molecule has 0 aliphatic heterocycles. The summed E-state index contributed by atoms with van der Waals surface area (Å²) < 4.78 is 38.7. The number of para-hydroxylation sites is 1. The molecule has 0 aliphatic carbocycles. The van der Waals surface area contributed by atoms with Gasteiger partial charge in [-0.15, -0.1) is 0 Å². The molecule has 1 aromatic carbocycles. The number of rotatable bonds is 7. The van der Waals surface area contributed by atoms with Gasteiger partial charge in [0.1, 0.15) is 5.82 Å². The van der Waals surface area contributed by atoms with Crippen LogP contribution in [0.2, 0.25) is 0 Å². The Morgan fingerprint density at radius 3 is 2.65 bits per heavy atom. The molecule has 0 radical (unpaired) electrons. The fourth-order valence-electron chi connectivity index (χ4n) is 1.33. The first-order valence-corrected chi connectivity index (χ1v) is 7.16. The van der Waals surface area contributed by atoms with Crippen LogP contribution in [0.15, 0.2) is 24.3 Å². The highest BCUT2D eigenvalue weighted by Gasteiger charge is 2.12. The summed E-state index contributed by atoms with van der Waals surface area (Å²) in [4.78, 5) is 0. The van der Waals surface area contributed by atoms with Crippen LogP contribution in [0.25, 0.3) is 0 Å². The van der Waals surface area contributed by atoms with Crippen LogP contribution in [-0.4, -0.2) is 27.3 Å². The molecule has 0 amide bonds. The third-order valence-electron chi connectivity index (χ3n) is 2.16. The average Bonchev–Trinajstić information content (AvgIpc) is 2.28. The van der Waals surface area contributed by atoms with Crippen LogP contribution in [-0.2, 0) is 10.0 Å². The summed E-state index contributed by atoms with van der Waals surface area (Å²) in [6.45, 7) is 3.39. The number of sulfonamides is 1. The molecule has 17 heavy (non-hydrogen) atoms. The van der Waals surface area contributed by atoms with Crippen LogP contribution in [0.4, 0.5) is 10.1 Å². The van der Waals surface area contributed by atoms with E-state index >= 15 is 0 Å². The third-order valence-corrected chi connectivity index (χ3v) is 3.51. The van der Waals surface area contributed by atoms with Gasteiger partial charge < -0.3 is 5.32 Å². The quantitative estimate of drug-likeness (QED) is 0.732. The second-order valence-corrected chi connectivity index (χ2v) is 5.45. The van der Waals surface area contributed by atoms with Crippen molar-refractivity contribution in [3.63, 3.8) is 0 Å². The highest BCUT2D eigenvalue weighted by Crippen LogP contribution is 2.14. The Bertz CT molecular complexity index is 449. The predicted molar refractivity (Wildman–Crippen MR) is 67.0 cm³/mol. The predicted octanol–water partition coefficient (Wildman–Crippen LogP) is 1.57. The Kier molecular flexibility index (Phi) is 5.37. The molecule has 0 saturated heterocycles. The lowest BCUT2D eigenvalue weighted by Gasteiger charge is -2.08. The smallest absolute Gasteiger partial charge is 0.232 e. The molecule has 96 valence electrons. The van der Waals surface area contributed by atoms with Gasteiger partial charge in [-0.1, -0.05) is 19.1 Å². The van der Waals surface area contributed by atoms with Crippen molar-refractivity contribution in [2.75, 3.05) is 23.6 Å². The van der Waals surface area contributed by atoms with Gasteiger partial charge in [-0.25, -0.2) is 12.8 Å². The number of anilines is 1. The van der Waals surface area contributed by atoms with Gasteiger partial charge in [0.2, 0.25) is 10.0 Å². The van der Waals surface area contributed by atoms with Crippen LogP contribution in [0.5, 0.6) is 0 Å². The molecule has 0 aromatic heterocycles. The van der Waals surface area contributed by atoms with Gasteiger partial charge in [-0.05, 0) is 31.6 Å². The van der Waals surface area contributed by atoms with Gasteiger partial charge in [0.25, 0.3) is 0 Å². The highest BCUT2D eigenvalue weighted by molar-refractivity contribution is 7.92. The van der Waals surface area contributed by atoms with Crippen molar-refractivity contribution in [3.05, 3.63) is 30.1 Å². The van der Waals surface area contributed by atoms with E-state index in [1.165, 1.54) is 18.2 Å². The molecule has 0 unspecified atom stereocenters. The molecule has 6 heteroatoms. The fourth-order valence-corrected chi connectivity index (χ4v) is 2.45. The van der Waals surface area contributed by atoms with E-state index in [2.05, 4.69) is 10.0 Å². The maximum Gasteiger partial charge on any atom is 0.232 e. The molecule has 0 bridgehead atoms. The van der Waals surface area contributed by atoms with E-state index < -0.39 is 15.8 Å². The van der Waals surface area contributed by atoms with Crippen molar-refractivity contribution in [2.24, 2.45) is 0 Å². The van der Waals surface area contributed by atoms with E-state index in [0.29, 0.717) is 13.0 Å².